The van der Waals surface area contributed by atoms with Gasteiger partial charge in [0, 0.05) is 0 Å². The van der Waals surface area contributed by atoms with Gasteiger partial charge >= 0.3 is 0 Å². The lowest BCUT2D eigenvalue weighted by atomic mass is 9.78. The van der Waals surface area contributed by atoms with Crippen molar-refractivity contribution in [3.05, 3.63) is 29.3 Å². The maximum Gasteiger partial charge on any atom is 0.121 e. The summed E-state index contributed by atoms with van der Waals surface area (Å²) in [7, 11) is 1.67. The van der Waals surface area contributed by atoms with Crippen LogP contribution in [-0.4, -0.2) is 12.2 Å². The maximum absolute atomic E-state index is 10.3. The lowest BCUT2D eigenvalue weighted by Crippen LogP contribution is -2.19. The minimum absolute atomic E-state index is 0.225. The van der Waals surface area contributed by atoms with Gasteiger partial charge in [0.1, 0.15) is 5.75 Å². The van der Waals surface area contributed by atoms with Crippen molar-refractivity contribution in [3.63, 3.8) is 0 Å². The van der Waals surface area contributed by atoms with E-state index in [1.54, 1.807) is 7.11 Å². The van der Waals surface area contributed by atoms with Crippen LogP contribution in [0.15, 0.2) is 18.2 Å². The van der Waals surface area contributed by atoms with Crippen molar-refractivity contribution in [1.82, 2.24) is 0 Å². The fraction of sp³-hybridized carbons (Fsp3) is 0.625. The summed E-state index contributed by atoms with van der Waals surface area (Å²) in [5.41, 5.74) is 2.27. The minimum atomic E-state index is -0.399. The summed E-state index contributed by atoms with van der Waals surface area (Å²) in [6.45, 7) is 10.8. The van der Waals surface area contributed by atoms with E-state index in [9.17, 15) is 5.11 Å². The zero-order chi connectivity index (χ0) is 13.9. The van der Waals surface area contributed by atoms with Crippen molar-refractivity contribution in [3.8, 4) is 5.75 Å². The van der Waals surface area contributed by atoms with Gasteiger partial charge in [-0.15, -0.1) is 0 Å². The van der Waals surface area contributed by atoms with E-state index in [1.807, 2.05) is 25.1 Å². The average Bonchev–Trinajstić information content (AvgIpc) is 2.27. The fourth-order valence-corrected chi connectivity index (χ4v) is 1.93. The number of hydrogen-bond donors (Lipinski definition) is 1. The molecule has 18 heavy (non-hydrogen) atoms. The van der Waals surface area contributed by atoms with Crippen LogP contribution in [-0.2, 0) is 0 Å². The van der Waals surface area contributed by atoms with Crippen molar-refractivity contribution in [2.24, 2.45) is 11.3 Å². The van der Waals surface area contributed by atoms with Crippen LogP contribution in [0.25, 0.3) is 0 Å². The molecule has 2 nitrogen and oxygen atoms in total. The summed E-state index contributed by atoms with van der Waals surface area (Å²) < 4.78 is 5.23. The molecule has 1 rings (SSSR count). The smallest absolute Gasteiger partial charge is 0.121 e. The molecule has 0 saturated carbocycles. The molecule has 0 amide bonds. The van der Waals surface area contributed by atoms with Crippen LogP contribution in [0.3, 0.4) is 0 Å². The first-order valence-electron chi connectivity index (χ1n) is 6.58. The Morgan fingerprint density at radius 3 is 2.33 bits per heavy atom. The van der Waals surface area contributed by atoms with Crippen LogP contribution in [0.1, 0.15) is 51.3 Å². The Morgan fingerprint density at radius 2 is 1.89 bits per heavy atom. The molecule has 102 valence electrons. The van der Waals surface area contributed by atoms with Crippen LogP contribution >= 0.6 is 0 Å². The lowest BCUT2D eigenvalue weighted by Gasteiger charge is -2.29. The Kier molecular flexibility index (Phi) is 4.80. The van der Waals surface area contributed by atoms with E-state index >= 15 is 0 Å². The molecular weight excluding hydrogens is 224 g/mol. The molecule has 0 aliphatic rings. The molecule has 0 spiro atoms. The van der Waals surface area contributed by atoms with E-state index in [-0.39, 0.29) is 5.41 Å². The highest BCUT2D eigenvalue weighted by atomic mass is 16.5. The van der Waals surface area contributed by atoms with Gasteiger partial charge in [0.2, 0.25) is 0 Å². The zero-order valence-electron chi connectivity index (χ0n) is 12.4. The fourth-order valence-electron chi connectivity index (χ4n) is 1.93. The predicted octanol–water partition coefficient (Wildman–Crippen LogP) is 4.11. The quantitative estimate of drug-likeness (QED) is 0.871. The standard InChI is InChI=1S/C16H26O2/c1-11-9-13(7-8-15(11)18-6)14(17)10-12(2)16(3,4)5/h7-9,12,14,17H,10H2,1-6H3. The molecule has 2 atom stereocenters. The summed E-state index contributed by atoms with van der Waals surface area (Å²) in [4.78, 5) is 0. The van der Waals surface area contributed by atoms with E-state index in [1.165, 1.54) is 0 Å². The van der Waals surface area contributed by atoms with Crippen molar-refractivity contribution >= 4 is 0 Å². The number of hydrogen-bond acceptors (Lipinski definition) is 2. The number of aliphatic hydroxyl groups excluding tert-OH is 1. The van der Waals surface area contributed by atoms with Gasteiger partial charge in [0.15, 0.2) is 0 Å². The van der Waals surface area contributed by atoms with Crippen LogP contribution < -0.4 is 4.74 Å². The first kappa shape index (κ1) is 15.0. The Hall–Kier alpha value is -1.02. The third-order valence-electron chi connectivity index (χ3n) is 3.86. The van der Waals surface area contributed by atoms with Crippen LogP contribution in [0.2, 0.25) is 0 Å². The summed E-state index contributed by atoms with van der Waals surface area (Å²) in [6, 6.07) is 5.89. The minimum Gasteiger partial charge on any atom is -0.496 e. The highest BCUT2D eigenvalue weighted by molar-refractivity contribution is 5.36. The molecule has 0 aliphatic heterocycles. The van der Waals surface area contributed by atoms with E-state index in [0.717, 1.165) is 23.3 Å². The second-order valence-corrected chi connectivity index (χ2v) is 6.25. The lowest BCUT2D eigenvalue weighted by molar-refractivity contribution is 0.110. The molecule has 1 aromatic carbocycles. The third kappa shape index (κ3) is 3.74. The van der Waals surface area contributed by atoms with Gasteiger partial charge in [0.25, 0.3) is 0 Å². The SMILES string of the molecule is COc1ccc(C(O)CC(C)C(C)(C)C)cc1C. The largest absolute Gasteiger partial charge is 0.496 e. The topological polar surface area (TPSA) is 29.5 Å². The molecule has 0 bridgehead atoms. The van der Waals surface area contributed by atoms with Gasteiger partial charge in [-0.3, -0.25) is 0 Å². The average molecular weight is 250 g/mol. The number of aliphatic hydroxyl groups is 1. The van der Waals surface area contributed by atoms with E-state index < -0.39 is 6.10 Å². The van der Waals surface area contributed by atoms with Gasteiger partial charge in [-0.1, -0.05) is 33.8 Å². The molecule has 0 aliphatic carbocycles. The molecule has 0 radical (unpaired) electrons. The van der Waals surface area contributed by atoms with Gasteiger partial charge in [-0.25, -0.2) is 0 Å². The normalized spacial score (nSPS) is 15.3. The molecule has 1 aromatic rings. The predicted molar refractivity (Wildman–Crippen MR) is 75.9 cm³/mol. The molecule has 1 N–H and O–H groups in total. The Bertz CT molecular complexity index is 391. The molecule has 0 fully saturated rings. The van der Waals surface area contributed by atoms with Gasteiger partial charge < -0.3 is 9.84 Å². The number of ether oxygens (including phenoxy) is 1. The van der Waals surface area contributed by atoms with Crippen LogP contribution in [0, 0.1) is 18.3 Å². The molecule has 2 heteroatoms. The molecule has 2 unspecified atom stereocenters. The van der Waals surface area contributed by atoms with E-state index in [2.05, 4.69) is 27.7 Å². The molecular formula is C16H26O2. The zero-order valence-corrected chi connectivity index (χ0v) is 12.4. The Balaban J connectivity index is 2.79. The highest BCUT2D eigenvalue weighted by Gasteiger charge is 2.23. The Labute approximate surface area is 111 Å². The van der Waals surface area contributed by atoms with Crippen molar-refractivity contribution < 1.29 is 9.84 Å². The monoisotopic (exact) mass is 250 g/mol. The number of rotatable bonds is 4. The summed E-state index contributed by atoms with van der Waals surface area (Å²) >= 11 is 0. The number of aryl methyl sites for hydroxylation is 1. The second kappa shape index (κ2) is 5.75. The first-order valence-corrected chi connectivity index (χ1v) is 6.58. The maximum atomic E-state index is 10.3. The third-order valence-corrected chi connectivity index (χ3v) is 3.86. The number of methoxy groups -OCH3 is 1. The van der Waals surface area contributed by atoms with Gasteiger partial charge in [-0.05, 0) is 47.9 Å². The van der Waals surface area contributed by atoms with Crippen molar-refractivity contribution in [1.29, 1.82) is 0 Å². The summed E-state index contributed by atoms with van der Waals surface area (Å²) in [5.74, 6) is 1.34. The molecule has 0 heterocycles. The second-order valence-electron chi connectivity index (χ2n) is 6.25. The van der Waals surface area contributed by atoms with E-state index in [0.29, 0.717) is 5.92 Å². The van der Waals surface area contributed by atoms with Gasteiger partial charge in [0.05, 0.1) is 13.2 Å². The summed E-state index contributed by atoms with van der Waals surface area (Å²) in [5, 5.41) is 10.3. The van der Waals surface area contributed by atoms with E-state index in [4.69, 9.17) is 4.74 Å². The summed E-state index contributed by atoms with van der Waals surface area (Å²) in [6.07, 6.45) is 0.388. The first-order chi connectivity index (χ1) is 8.25. The Morgan fingerprint density at radius 1 is 1.28 bits per heavy atom. The molecule has 0 aromatic heterocycles. The van der Waals surface area contributed by atoms with Crippen molar-refractivity contribution in [2.75, 3.05) is 7.11 Å². The van der Waals surface area contributed by atoms with Crippen LogP contribution in [0.5, 0.6) is 5.75 Å². The van der Waals surface area contributed by atoms with Gasteiger partial charge in [-0.2, -0.15) is 0 Å². The highest BCUT2D eigenvalue weighted by Crippen LogP contribution is 2.34. The van der Waals surface area contributed by atoms with Crippen LogP contribution in [0.4, 0.5) is 0 Å². The molecule has 0 saturated heterocycles. The number of benzene rings is 1. The van der Waals surface area contributed by atoms with Crippen molar-refractivity contribution in [2.45, 2.75) is 47.1 Å².